The molecule has 7 nitrogen and oxygen atoms in total. The molecule has 1 aliphatic heterocycles. The molecule has 0 spiro atoms. The van der Waals surface area contributed by atoms with Crippen LogP contribution in [0.25, 0.3) is 27.6 Å². The van der Waals surface area contributed by atoms with Crippen molar-refractivity contribution in [2.45, 2.75) is 20.3 Å². The van der Waals surface area contributed by atoms with Crippen molar-refractivity contribution in [1.29, 1.82) is 0 Å². The second-order valence-corrected chi connectivity index (χ2v) is 7.99. The van der Waals surface area contributed by atoms with Gasteiger partial charge in [-0.15, -0.1) is 0 Å². The van der Waals surface area contributed by atoms with E-state index >= 15 is 0 Å². The minimum Gasteiger partial charge on any atom is -0.451 e. The summed E-state index contributed by atoms with van der Waals surface area (Å²) in [6, 6.07) is 14.0. The number of carbonyl (C=O) groups is 1. The molecule has 0 saturated heterocycles. The molecule has 3 heterocycles. The van der Waals surface area contributed by atoms with Gasteiger partial charge in [0.15, 0.2) is 11.2 Å². The van der Waals surface area contributed by atoms with Crippen molar-refractivity contribution in [1.82, 2.24) is 14.5 Å². The van der Waals surface area contributed by atoms with Crippen LogP contribution in [0.1, 0.15) is 28.4 Å². The number of hydrogen-bond donors (Lipinski definition) is 0. The Hall–Kier alpha value is -4.00. The van der Waals surface area contributed by atoms with Gasteiger partial charge in [0.1, 0.15) is 11.4 Å². The average Bonchev–Trinajstić information content (AvgIpc) is 2.79. The fourth-order valence-corrected chi connectivity index (χ4v) is 4.22. The Morgan fingerprint density at radius 2 is 1.84 bits per heavy atom. The molecule has 0 fully saturated rings. The van der Waals surface area contributed by atoms with Crippen LogP contribution in [0, 0.1) is 13.8 Å². The topological polar surface area (TPSA) is 85.4 Å². The predicted octanol–water partition coefficient (Wildman–Crippen LogP) is 3.51. The first-order valence-corrected chi connectivity index (χ1v) is 10.4. The summed E-state index contributed by atoms with van der Waals surface area (Å²) in [4.78, 5) is 43.6. The minimum absolute atomic E-state index is 0.0369. The SMILES string of the molecule is Cc1ccc2oc(C(=O)N3CC=C(n4c(C)nc(=O)c5ccccc54)CC3)cc(=O)c2c1. The highest BCUT2D eigenvalue weighted by Crippen LogP contribution is 2.23. The molecular formula is C25H21N3O4. The number of amides is 1. The zero-order chi connectivity index (χ0) is 22.4. The zero-order valence-corrected chi connectivity index (χ0v) is 17.8. The first-order chi connectivity index (χ1) is 15.4. The standard InChI is InChI=1S/C25H21N3O4/c1-15-7-8-22-19(13-15)21(29)14-23(32-22)25(31)27-11-9-17(10-12-27)28-16(2)26-24(30)18-5-3-4-6-20(18)28/h3-9,13-14H,10-12H2,1-2H3. The molecule has 0 bridgehead atoms. The summed E-state index contributed by atoms with van der Waals surface area (Å²) >= 11 is 0. The second kappa shape index (κ2) is 7.60. The lowest BCUT2D eigenvalue weighted by Crippen LogP contribution is -2.36. The lowest BCUT2D eigenvalue weighted by molar-refractivity contribution is 0.0741. The number of para-hydroxylation sites is 1. The van der Waals surface area contributed by atoms with Crippen LogP contribution in [0.2, 0.25) is 0 Å². The summed E-state index contributed by atoms with van der Waals surface area (Å²) < 4.78 is 7.72. The molecule has 7 heteroatoms. The average molecular weight is 427 g/mol. The molecule has 0 aliphatic carbocycles. The van der Waals surface area contributed by atoms with E-state index in [2.05, 4.69) is 4.98 Å². The van der Waals surface area contributed by atoms with Gasteiger partial charge in [0.2, 0.25) is 0 Å². The Morgan fingerprint density at radius 1 is 1.03 bits per heavy atom. The molecule has 2 aromatic carbocycles. The number of fused-ring (bicyclic) bond motifs is 2. The van der Waals surface area contributed by atoms with E-state index in [1.54, 1.807) is 30.0 Å². The maximum absolute atomic E-state index is 13.0. The quantitative estimate of drug-likeness (QED) is 0.489. The Morgan fingerprint density at radius 3 is 2.62 bits per heavy atom. The van der Waals surface area contributed by atoms with E-state index in [9.17, 15) is 14.4 Å². The summed E-state index contributed by atoms with van der Waals surface area (Å²) in [5, 5.41) is 1.03. The van der Waals surface area contributed by atoms with Crippen molar-refractivity contribution in [2.75, 3.05) is 13.1 Å². The van der Waals surface area contributed by atoms with Gasteiger partial charge in [-0.25, -0.2) is 0 Å². The first-order valence-electron chi connectivity index (χ1n) is 10.4. The molecule has 4 aromatic rings. The summed E-state index contributed by atoms with van der Waals surface area (Å²) in [6.07, 6.45) is 2.54. The van der Waals surface area contributed by atoms with E-state index in [0.29, 0.717) is 41.7 Å². The van der Waals surface area contributed by atoms with Gasteiger partial charge in [0.25, 0.3) is 11.5 Å². The summed E-state index contributed by atoms with van der Waals surface area (Å²) in [5.74, 6) is 0.324. The van der Waals surface area contributed by atoms with Gasteiger partial charge in [-0.3, -0.25) is 14.4 Å². The van der Waals surface area contributed by atoms with Gasteiger partial charge >= 0.3 is 0 Å². The summed E-state index contributed by atoms with van der Waals surface area (Å²) in [6.45, 7) is 4.53. The van der Waals surface area contributed by atoms with E-state index < -0.39 is 0 Å². The van der Waals surface area contributed by atoms with Gasteiger partial charge in [-0.2, -0.15) is 4.98 Å². The number of carbonyl (C=O) groups excluding carboxylic acids is 1. The van der Waals surface area contributed by atoms with E-state index in [1.807, 2.05) is 41.8 Å². The van der Waals surface area contributed by atoms with Crippen molar-refractivity contribution in [3.05, 3.63) is 92.3 Å². The first kappa shape index (κ1) is 19.9. The third-order valence-electron chi connectivity index (χ3n) is 5.82. The lowest BCUT2D eigenvalue weighted by atomic mass is 10.1. The van der Waals surface area contributed by atoms with Crippen LogP contribution < -0.4 is 11.0 Å². The van der Waals surface area contributed by atoms with Crippen LogP contribution >= 0.6 is 0 Å². The van der Waals surface area contributed by atoms with Gasteiger partial charge in [-0.05, 0) is 44.2 Å². The smallest absolute Gasteiger partial charge is 0.290 e. The zero-order valence-electron chi connectivity index (χ0n) is 17.8. The number of aryl methyl sites for hydroxylation is 2. The summed E-state index contributed by atoms with van der Waals surface area (Å²) in [7, 11) is 0. The number of hydrogen-bond acceptors (Lipinski definition) is 5. The maximum Gasteiger partial charge on any atom is 0.290 e. The highest BCUT2D eigenvalue weighted by molar-refractivity contribution is 5.93. The van der Waals surface area contributed by atoms with Crippen LogP contribution in [-0.2, 0) is 0 Å². The van der Waals surface area contributed by atoms with Crippen molar-refractivity contribution in [3.63, 3.8) is 0 Å². The molecule has 32 heavy (non-hydrogen) atoms. The number of nitrogens with zero attached hydrogens (tertiary/aromatic N) is 3. The minimum atomic E-state index is -0.320. The van der Waals surface area contributed by atoms with Crippen molar-refractivity contribution in [2.24, 2.45) is 0 Å². The fraction of sp³-hybridized carbons (Fsp3) is 0.200. The molecule has 0 unspecified atom stereocenters. The fourth-order valence-electron chi connectivity index (χ4n) is 4.22. The third kappa shape index (κ3) is 3.32. The highest BCUT2D eigenvalue weighted by Gasteiger charge is 2.23. The lowest BCUT2D eigenvalue weighted by Gasteiger charge is -2.28. The number of rotatable bonds is 2. The van der Waals surface area contributed by atoms with Gasteiger partial charge in [0, 0.05) is 31.3 Å². The number of aromatic nitrogens is 2. The highest BCUT2D eigenvalue weighted by atomic mass is 16.3. The van der Waals surface area contributed by atoms with Crippen LogP contribution in [0.4, 0.5) is 0 Å². The predicted molar refractivity (Wildman–Crippen MR) is 123 cm³/mol. The van der Waals surface area contributed by atoms with Crippen LogP contribution in [0.15, 0.2) is 68.6 Å². The van der Waals surface area contributed by atoms with Crippen molar-refractivity contribution in [3.8, 4) is 0 Å². The third-order valence-corrected chi connectivity index (χ3v) is 5.82. The van der Waals surface area contributed by atoms with Crippen LogP contribution in [-0.4, -0.2) is 33.4 Å². The van der Waals surface area contributed by atoms with E-state index in [1.165, 1.54) is 6.07 Å². The number of benzene rings is 2. The molecule has 2 aromatic heterocycles. The Labute approximate surface area is 183 Å². The molecular weight excluding hydrogens is 406 g/mol. The largest absolute Gasteiger partial charge is 0.451 e. The molecule has 0 atom stereocenters. The molecule has 160 valence electrons. The van der Waals surface area contributed by atoms with Crippen molar-refractivity contribution < 1.29 is 9.21 Å². The molecule has 1 aliphatic rings. The van der Waals surface area contributed by atoms with E-state index in [0.717, 1.165) is 16.8 Å². The maximum atomic E-state index is 13.0. The second-order valence-electron chi connectivity index (χ2n) is 7.99. The van der Waals surface area contributed by atoms with E-state index in [-0.39, 0.29) is 22.7 Å². The van der Waals surface area contributed by atoms with Crippen LogP contribution in [0.5, 0.6) is 0 Å². The molecule has 0 saturated carbocycles. The molecule has 0 radical (unpaired) electrons. The van der Waals surface area contributed by atoms with E-state index in [4.69, 9.17) is 4.42 Å². The summed E-state index contributed by atoms with van der Waals surface area (Å²) in [5.41, 5.74) is 2.66. The van der Waals surface area contributed by atoms with Crippen LogP contribution in [0.3, 0.4) is 0 Å². The van der Waals surface area contributed by atoms with Gasteiger partial charge in [0.05, 0.1) is 16.3 Å². The molecule has 5 rings (SSSR count). The van der Waals surface area contributed by atoms with Crippen molar-refractivity contribution >= 4 is 33.5 Å². The monoisotopic (exact) mass is 427 g/mol. The van der Waals surface area contributed by atoms with Gasteiger partial charge in [-0.1, -0.05) is 23.8 Å². The Balaban J connectivity index is 1.47. The Kier molecular flexibility index (Phi) is 4.74. The molecule has 1 amide bonds. The molecule has 0 N–H and O–H groups in total. The normalized spacial score (nSPS) is 14.1. The Bertz CT molecular complexity index is 1540. The van der Waals surface area contributed by atoms with Gasteiger partial charge < -0.3 is 13.9 Å².